The molecule has 2 saturated heterocycles. The summed E-state index contributed by atoms with van der Waals surface area (Å²) in [5.74, 6) is -5.28. The first-order valence-corrected chi connectivity index (χ1v) is 15.6. The van der Waals surface area contributed by atoms with Crippen molar-refractivity contribution in [1.82, 2.24) is 4.90 Å². The van der Waals surface area contributed by atoms with Gasteiger partial charge in [0.2, 0.25) is 11.8 Å². The lowest BCUT2D eigenvalue weighted by atomic mass is 9.56. The van der Waals surface area contributed by atoms with Gasteiger partial charge in [0.1, 0.15) is 5.75 Å². The highest BCUT2D eigenvalue weighted by atomic mass is 79.9. The number of aryl methyl sites for hydroxylation is 1. The summed E-state index contributed by atoms with van der Waals surface area (Å²) in [4.78, 5) is 53.5. The molecule has 0 radical (unpaired) electrons. The predicted molar refractivity (Wildman–Crippen MR) is 157 cm³/mol. The molecule has 2 aromatic rings. The highest BCUT2D eigenvalue weighted by molar-refractivity contribution is 9.10. The number of anilines is 1. The van der Waals surface area contributed by atoms with Crippen molar-refractivity contribution in [3.63, 3.8) is 0 Å². The summed E-state index contributed by atoms with van der Waals surface area (Å²) < 4.78 is 0.625. The zero-order valence-corrected chi connectivity index (χ0v) is 25.9. The maximum absolute atomic E-state index is 14.0. The zero-order chi connectivity index (χ0) is 28.7. The van der Waals surface area contributed by atoms with Crippen molar-refractivity contribution in [3.05, 3.63) is 69.7 Å². The molecule has 40 heavy (non-hydrogen) atoms. The van der Waals surface area contributed by atoms with Crippen molar-refractivity contribution in [1.29, 1.82) is 0 Å². The van der Waals surface area contributed by atoms with Gasteiger partial charge in [-0.05, 0) is 61.1 Å². The molecule has 2 aliphatic carbocycles. The summed E-state index contributed by atoms with van der Waals surface area (Å²) >= 11 is 21.0. The number of aromatic hydroxyl groups is 1. The summed E-state index contributed by atoms with van der Waals surface area (Å²) in [5.41, 5.74) is 2.40. The first-order valence-electron chi connectivity index (χ1n) is 12.9. The van der Waals surface area contributed by atoms with E-state index < -0.39 is 45.2 Å². The fourth-order valence-corrected chi connectivity index (χ4v) is 8.79. The fraction of sp³-hybridized carbons (Fsp3) is 0.379. The highest BCUT2D eigenvalue weighted by Gasteiger charge is 2.76. The Morgan fingerprint density at radius 2 is 1.70 bits per heavy atom. The molecule has 208 valence electrons. The Kier molecular flexibility index (Phi) is 6.76. The van der Waals surface area contributed by atoms with E-state index in [0.29, 0.717) is 21.3 Å². The topological polar surface area (TPSA) is 95.0 Å². The molecule has 1 saturated carbocycles. The lowest BCUT2D eigenvalue weighted by Crippen LogP contribution is -2.60. The number of fused-ring (bicyclic) bond motifs is 4. The largest absolute Gasteiger partial charge is 0.508 e. The summed E-state index contributed by atoms with van der Waals surface area (Å²) in [6.07, 6.45) is 2.82. The van der Waals surface area contributed by atoms with Gasteiger partial charge in [-0.1, -0.05) is 62.6 Å². The van der Waals surface area contributed by atoms with E-state index in [2.05, 4.69) is 31.9 Å². The minimum absolute atomic E-state index is 0.105. The summed E-state index contributed by atoms with van der Waals surface area (Å²) in [6, 6.07) is 12.1. The summed E-state index contributed by atoms with van der Waals surface area (Å²) in [7, 11) is 0. The van der Waals surface area contributed by atoms with Gasteiger partial charge >= 0.3 is 0 Å². The molecule has 6 atom stereocenters. The van der Waals surface area contributed by atoms with Crippen LogP contribution in [0.15, 0.2) is 58.6 Å². The third-order valence-electron chi connectivity index (χ3n) is 8.92. The molecule has 0 spiro atoms. The third kappa shape index (κ3) is 3.60. The normalized spacial score (nSPS) is 33.2. The second-order valence-corrected chi connectivity index (χ2v) is 13.4. The van der Waals surface area contributed by atoms with Crippen LogP contribution in [0.5, 0.6) is 5.75 Å². The molecule has 2 heterocycles. The number of benzene rings is 2. The molecule has 0 unspecified atom stereocenters. The molecule has 3 fully saturated rings. The molecule has 2 aromatic carbocycles. The summed E-state index contributed by atoms with van der Waals surface area (Å²) in [6.45, 7) is 2.02. The van der Waals surface area contributed by atoms with E-state index >= 15 is 0 Å². The number of halogens is 4. The molecular weight excluding hydrogens is 687 g/mol. The number of phenolic OH excluding ortho intramolecular Hbond substituents is 1. The van der Waals surface area contributed by atoms with E-state index in [9.17, 15) is 24.3 Å². The van der Waals surface area contributed by atoms with Gasteiger partial charge in [0.25, 0.3) is 11.8 Å². The number of carbonyl (C=O) groups excluding carboxylic acids is 4. The Hall–Kier alpha value is -2.20. The average molecular weight is 711 g/mol. The molecule has 7 nitrogen and oxygen atoms in total. The van der Waals surface area contributed by atoms with Gasteiger partial charge in [0, 0.05) is 16.0 Å². The standard InChI is InChI=1S/C29H24Br2Cl2N2O5/c1-2-14-3-6-16(7-4-14)35-24(37)18-9-8-17-20(22(18)25(35)38)12-28(32)26(39)34(13-30)27(40)29(28,33)23(17)19-11-15(31)5-10-21(19)36/h3-8,10-11,18,20,22-23,36H,2,9,12-13H2,1H3/t18-,20+,22-,23+,28+,29-/m0/s1. The van der Waals surface area contributed by atoms with Crippen molar-refractivity contribution >= 4 is 84.4 Å². The molecule has 2 aliphatic heterocycles. The van der Waals surface area contributed by atoms with Crippen LogP contribution in [0.2, 0.25) is 0 Å². The van der Waals surface area contributed by atoms with Crippen molar-refractivity contribution in [2.45, 2.75) is 41.9 Å². The number of hydrogen-bond acceptors (Lipinski definition) is 5. The molecule has 11 heteroatoms. The molecular formula is C29H24Br2Cl2N2O5. The second-order valence-electron chi connectivity index (χ2n) is 10.7. The maximum Gasteiger partial charge on any atom is 0.254 e. The fourth-order valence-electron chi connectivity index (χ4n) is 6.99. The van der Waals surface area contributed by atoms with Crippen LogP contribution in [-0.4, -0.2) is 48.8 Å². The summed E-state index contributed by atoms with van der Waals surface area (Å²) in [5, 5.41) is 11.0. The average Bonchev–Trinajstić information content (AvgIpc) is 3.28. The van der Waals surface area contributed by atoms with E-state index in [4.69, 9.17) is 23.2 Å². The SMILES string of the molecule is CCc1ccc(N2C(=O)[C@H]3[C@H](CC=C4[C@H]3C[C@@]3(Cl)C(=O)N(CBr)C(=O)[C@@]3(Cl)[C@H]4c3cc(Br)ccc3O)C2=O)cc1. The lowest BCUT2D eigenvalue weighted by molar-refractivity contribution is -0.138. The van der Waals surface area contributed by atoms with Crippen LogP contribution in [0, 0.1) is 17.8 Å². The van der Waals surface area contributed by atoms with Crippen molar-refractivity contribution in [2.75, 3.05) is 10.4 Å². The first kappa shape index (κ1) is 27.9. The van der Waals surface area contributed by atoms with Crippen LogP contribution in [0.4, 0.5) is 5.69 Å². The maximum atomic E-state index is 14.0. The number of likely N-dealkylation sites (tertiary alicyclic amines) is 1. The zero-order valence-electron chi connectivity index (χ0n) is 21.2. The number of nitrogens with zero attached hydrogens (tertiary/aromatic N) is 2. The van der Waals surface area contributed by atoms with Crippen LogP contribution < -0.4 is 4.90 Å². The van der Waals surface area contributed by atoms with Gasteiger partial charge in [-0.15, -0.1) is 23.2 Å². The van der Waals surface area contributed by atoms with Gasteiger partial charge in [-0.25, -0.2) is 0 Å². The minimum Gasteiger partial charge on any atom is -0.508 e. The van der Waals surface area contributed by atoms with Crippen LogP contribution >= 0.6 is 55.1 Å². The van der Waals surface area contributed by atoms with Gasteiger partial charge < -0.3 is 5.11 Å². The van der Waals surface area contributed by atoms with Crippen molar-refractivity contribution < 1.29 is 24.3 Å². The minimum atomic E-state index is -1.96. The van der Waals surface area contributed by atoms with Gasteiger partial charge in [-0.2, -0.15) is 0 Å². The number of amides is 4. The third-order valence-corrected chi connectivity index (χ3v) is 11.3. The van der Waals surface area contributed by atoms with Crippen LogP contribution in [0.3, 0.4) is 0 Å². The number of alkyl halides is 3. The highest BCUT2D eigenvalue weighted by Crippen LogP contribution is 2.66. The number of carbonyl (C=O) groups is 4. The van der Waals surface area contributed by atoms with Gasteiger partial charge in [-0.3, -0.25) is 29.0 Å². The molecule has 0 bridgehead atoms. The Balaban J connectivity index is 1.51. The van der Waals surface area contributed by atoms with E-state index in [-0.39, 0.29) is 35.9 Å². The van der Waals surface area contributed by atoms with Crippen molar-refractivity contribution in [3.8, 4) is 5.75 Å². The Morgan fingerprint density at radius 1 is 1.00 bits per heavy atom. The van der Waals surface area contributed by atoms with Crippen LogP contribution in [0.1, 0.15) is 36.8 Å². The molecule has 1 N–H and O–H groups in total. The van der Waals surface area contributed by atoms with Crippen LogP contribution in [0.25, 0.3) is 0 Å². The molecule has 4 aliphatic rings. The van der Waals surface area contributed by atoms with Gasteiger partial charge in [0.05, 0.1) is 23.0 Å². The Morgan fingerprint density at radius 3 is 2.35 bits per heavy atom. The Labute approximate surface area is 257 Å². The van der Waals surface area contributed by atoms with E-state index in [1.807, 2.05) is 25.1 Å². The van der Waals surface area contributed by atoms with E-state index in [1.165, 1.54) is 11.0 Å². The molecule has 4 amide bonds. The second kappa shape index (κ2) is 9.68. The smallest absolute Gasteiger partial charge is 0.254 e. The van der Waals surface area contributed by atoms with E-state index in [1.54, 1.807) is 24.3 Å². The molecule has 0 aromatic heterocycles. The van der Waals surface area contributed by atoms with Crippen molar-refractivity contribution in [2.24, 2.45) is 17.8 Å². The molecule has 6 rings (SSSR count). The quantitative estimate of drug-likeness (QED) is 0.192. The monoisotopic (exact) mass is 708 g/mol. The first-order chi connectivity index (χ1) is 19.0. The Bertz CT molecular complexity index is 1510. The number of hydrogen-bond donors (Lipinski definition) is 1. The number of allylic oxidation sites excluding steroid dienone is 2. The van der Waals surface area contributed by atoms with Gasteiger partial charge in [0.15, 0.2) is 9.75 Å². The van der Waals surface area contributed by atoms with Crippen LogP contribution in [-0.2, 0) is 25.6 Å². The number of rotatable bonds is 4. The van der Waals surface area contributed by atoms with E-state index in [0.717, 1.165) is 16.9 Å². The number of phenols is 1. The lowest BCUT2D eigenvalue weighted by Gasteiger charge is -2.50. The predicted octanol–water partition coefficient (Wildman–Crippen LogP) is 5.63. The number of imide groups is 2.